The number of nitrogens with one attached hydrogen (secondary N) is 2. The van der Waals surface area contributed by atoms with Gasteiger partial charge in [-0.2, -0.15) is 0 Å². The lowest BCUT2D eigenvalue weighted by Crippen LogP contribution is -2.27. The molecule has 10 heteroatoms. The molecule has 3 heterocycles. The SMILES string of the molecule is CN(c1ncccc1CNc1ccc(-c2nc3ccc(Cl)cc3[nH]2)nc1)S(C)(=O)=O. The van der Waals surface area contributed by atoms with E-state index in [2.05, 4.69) is 25.3 Å². The maximum absolute atomic E-state index is 11.9. The van der Waals surface area contributed by atoms with Crippen LogP contribution in [0.15, 0.2) is 54.9 Å². The van der Waals surface area contributed by atoms with Crippen molar-refractivity contribution in [2.75, 3.05) is 22.9 Å². The van der Waals surface area contributed by atoms with Gasteiger partial charge in [-0.1, -0.05) is 17.7 Å². The van der Waals surface area contributed by atoms with Crippen LogP contribution in [0.3, 0.4) is 0 Å². The van der Waals surface area contributed by atoms with Crippen LogP contribution < -0.4 is 9.62 Å². The molecule has 8 nitrogen and oxygen atoms in total. The molecule has 0 saturated carbocycles. The average molecular weight is 443 g/mol. The van der Waals surface area contributed by atoms with Gasteiger partial charge in [0.2, 0.25) is 10.0 Å². The van der Waals surface area contributed by atoms with Crippen LogP contribution in [0.25, 0.3) is 22.6 Å². The van der Waals surface area contributed by atoms with E-state index in [-0.39, 0.29) is 0 Å². The third kappa shape index (κ3) is 4.22. The average Bonchev–Trinajstić information content (AvgIpc) is 3.15. The molecule has 0 saturated heterocycles. The standard InChI is InChI=1S/C20H19ClN6O2S/c1-27(30(2,28)29)20-13(4-3-9-22-20)11-23-15-6-8-17(24-12-15)19-25-16-7-5-14(21)10-18(16)26-19/h3-10,12,23H,11H2,1-2H3,(H,25,26). The van der Waals surface area contributed by atoms with Crippen molar-refractivity contribution in [2.24, 2.45) is 0 Å². The Morgan fingerprint density at radius 2 is 2.00 bits per heavy atom. The number of aromatic nitrogens is 4. The van der Waals surface area contributed by atoms with Crippen molar-refractivity contribution >= 4 is 44.2 Å². The van der Waals surface area contributed by atoms with Crippen LogP contribution >= 0.6 is 11.6 Å². The Morgan fingerprint density at radius 3 is 2.73 bits per heavy atom. The van der Waals surface area contributed by atoms with E-state index in [4.69, 9.17) is 11.6 Å². The lowest BCUT2D eigenvalue weighted by molar-refractivity contribution is 0.599. The fraction of sp³-hybridized carbons (Fsp3) is 0.150. The highest BCUT2D eigenvalue weighted by Crippen LogP contribution is 2.23. The van der Waals surface area contributed by atoms with Crippen LogP contribution in [0.1, 0.15) is 5.56 Å². The Bertz CT molecular complexity index is 1300. The molecule has 0 atom stereocenters. The smallest absolute Gasteiger partial charge is 0.233 e. The maximum atomic E-state index is 11.9. The number of anilines is 2. The number of fused-ring (bicyclic) bond motifs is 1. The Hall–Kier alpha value is -3.17. The Balaban J connectivity index is 1.51. The monoisotopic (exact) mass is 442 g/mol. The summed E-state index contributed by atoms with van der Waals surface area (Å²) in [5.41, 5.74) is 3.91. The molecule has 0 unspecified atom stereocenters. The number of hydrogen-bond donors (Lipinski definition) is 2. The zero-order valence-electron chi connectivity index (χ0n) is 16.3. The van der Waals surface area contributed by atoms with Crippen LogP contribution in [0.2, 0.25) is 5.02 Å². The van der Waals surface area contributed by atoms with Crippen LogP contribution in [-0.2, 0) is 16.6 Å². The quantitative estimate of drug-likeness (QED) is 0.472. The van der Waals surface area contributed by atoms with Gasteiger partial charge in [-0.3, -0.25) is 9.29 Å². The number of hydrogen-bond acceptors (Lipinski definition) is 6. The van der Waals surface area contributed by atoms with Crippen LogP contribution in [0.5, 0.6) is 0 Å². The molecule has 3 aromatic heterocycles. The van der Waals surface area contributed by atoms with E-state index in [1.165, 1.54) is 11.4 Å². The number of pyridine rings is 2. The molecule has 0 fully saturated rings. The van der Waals surface area contributed by atoms with Crippen molar-refractivity contribution in [3.63, 3.8) is 0 Å². The molecule has 0 spiro atoms. The zero-order valence-corrected chi connectivity index (χ0v) is 17.9. The van der Waals surface area contributed by atoms with Gasteiger partial charge in [0.25, 0.3) is 0 Å². The highest BCUT2D eigenvalue weighted by atomic mass is 35.5. The molecule has 0 aliphatic carbocycles. The van der Waals surface area contributed by atoms with E-state index < -0.39 is 10.0 Å². The van der Waals surface area contributed by atoms with Gasteiger partial charge in [-0.25, -0.2) is 18.4 Å². The number of sulfonamides is 1. The lowest BCUT2D eigenvalue weighted by Gasteiger charge is -2.19. The van der Waals surface area contributed by atoms with Gasteiger partial charge >= 0.3 is 0 Å². The van der Waals surface area contributed by atoms with E-state index in [9.17, 15) is 8.42 Å². The van der Waals surface area contributed by atoms with E-state index in [1.807, 2.05) is 30.3 Å². The van der Waals surface area contributed by atoms with Gasteiger partial charge in [0.1, 0.15) is 11.5 Å². The minimum Gasteiger partial charge on any atom is -0.380 e. The summed E-state index contributed by atoms with van der Waals surface area (Å²) in [7, 11) is -1.92. The van der Waals surface area contributed by atoms with Gasteiger partial charge in [0.05, 0.1) is 29.2 Å². The summed E-state index contributed by atoms with van der Waals surface area (Å²) < 4.78 is 24.9. The molecular weight excluding hydrogens is 424 g/mol. The highest BCUT2D eigenvalue weighted by Gasteiger charge is 2.16. The third-order valence-electron chi connectivity index (χ3n) is 4.60. The number of benzene rings is 1. The number of aromatic amines is 1. The first-order valence-corrected chi connectivity index (χ1v) is 11.3. The minimum absolute atomic E-state index is 0.387. The molecular formula is C20H19ClN6O2S. The predicted octanol–water partition coefficient (Wildman–Crippen LogP) is 3.68. The first-order chi connectivity index (χ1) is 14.3. The molecule has 154 valence electrons. The largest absolute Gasteiger partial charge is 0.380 e. The summed E-state index contributed by atoms with van der Waals surface area (Å²) in [5.74, 6) is 1.04. The normalized spacial score (nSPS) is 11.6. The van der Waals surface area contributed by atoms with Gasteiger partial charge in [-0.05, 0) is 36.4 Å². The van der Waals surface area contributed by atoms with Crippen molar-refractivity contribution < 1.29 is 8.42 Å². The first kappa shape index (κ1) is 20.1. The van der Waals surface area contributed by atoms with E-state index >= 15 is 0 Å². The van der Waals surface area contributed by atoms with Crippen molar-refractivity contribution in [2.45, 2.75) is 6.54 Å². The fourth-order valence-electron chi connectivity index (χ4n) is 2.95. The Kier molecular flexibility index (Phi) is 5.31. The van der Waals surface area contributed by atoms with E-state index in [0.717, 1.165) is 28.5 Å². The number of imidazole rings is 1. The molecule has 4 rings (SSSR count). The van der Waals surface area contributed by atoms with Crippen LogP contribution in [0, 0.1) is 0 Å². The van der Waals surface area contributed by atoms with Crippen molar-refractivity contribution in [1.29, 1.82) is 0 Å². The molecule has 2 N–H and O–H groups in total. The molecule has 1 aromatic carbocycles. The number of halogens is 1. The maximum Gasteiger partial charge on any atom is 0.233 e. The number of rotatable bonds is 6. The summed E-state index contributed by atoms with van der Waals surface area (Å²) in [6.07, 6.45) is 4.41. The van der Waals surface area contributed by atoms with Gasteiger partial charge in [0.15, 0.2) is 5.82 Å². The van der Waals surface area contributed by atoms with Crippen molar-refractivity contribution in [1.82, 2.24) is 19.9 Å². The molecule has 0 amide bonds. The summed E-state index contributed by atoms with van der Waals surface area (Å²) in [5, 5.41) is 3.89. The minimum atomic E-state index is -3.40. The van der Waals surface area contributed by atoms with E-state index in [0.29, 0.717) is 28.9 Å². The molecule has 0 aliphatic rings. The van der Waals surface area contributed by atoms with Gasteiger partial charge < -0.3 is 10.3 Å². The first-order valence-electron chi connectivity index (χ1n) is 9.04. The number of nitrogens with zero attached hydrogens (tertiary/aromatic N) is 4. The van der Waals surface area contributed by atoms with Gasteiger partial charge in [-0.15, -0.1) is 0 Å². The van der Waals surface area contributed by atoms with E-state index in [1.54, 1.807) is 24.5 Å². The molecule has 30 heavy (non-hydrogen) atoms. The van der Waals surface area contributed by atoms with Gasteiger partial charge in [0, 0.05) is 30.4 Å². The second-order valence-electron chi connectivity index (χ2n) is 6.75. The molecule has 0 aliphatic heterocycles. The fourth-order valence-corrected chi connectivity index (χ4v) is 3.60. The topological polar surface area (TPSA) is 104 Å². The summed E-state index contributed by atoms with van der Waals surface area (Å²) in [4.78, 5) is 16.4. The van der Waals surface area contributed by atoms with Crippen molar-refractivity contribution in [3.8, 4) is 11.5 Å². The second-order valence-corrected chi connectivity index (χ2v) is 9.20. The number of H-pyrrole nitrogens is 1. The third-order valence-corrected chi connectivity index (χ3v) is 6.00. The second kappa shape index (κ2) is 7.92. The lowest BCUT2D eigenvalue weighted by atomic mass is 10.2. The summed E-state index contributed by atoms with van der Waals surface area (Å²) >= 11 is 6.02. The zero-order chi connectivity index (χ0) is 21.3. The molecule has 0 bridgehead atoms. The highest BCUT2D eigenvalue weighted by molar-refractivity contribution is 7.92. The summed E-state index contributed by atoms with van der Waals surface area (Å²) in [6, 6.07) is 12.8. The molecule has 4 aromatic rings. The molecule has 0 radical (unpaired) electrons. The van der Waals surface area contributed by atoms with Crippen molar-refractivity contribution in [3.05, 3.63) is 65.4 Å². The Morgan fingerprint density at radius 1 is 1.17 bits per heavy atom. The predicted molar refractivity (Wildman–Crippen MR) is 119 cm³/mol. The Labute approximate surface area is 179 Å². The summed E-state index contributed by atoms with van der Waals surface area (Å²) in [6.45, 7) is 0.396. The van der Waals surface area contributed by atoms with Crippen LogP contribution in [-0.4, -0.2) is 41.7 Å². The van der Waals surface area contributed by atoms with Crippen LogP contribution in [0.4, 0.5) is 11.5 Å².